The average molecular weight is 631 g/mol. The van der Waals surface area contributed by atoms with Crippen LogP contribution in [0.2, 0.25) is 0 Å². The minimum absolute atomic E-state index is 0.128. The zero-order valence-electron chi connectivity index (χ0n) is 24.3. The molecule has 1 N–H and O–H groups in total. The molecule has 3 aliphatic heterocycles. The molecule has 0 bridgehead atoms. The Bertz CT molecular complexity index is 1340. The van der Waals surface area contributed by atoms with Crippen LogP contribution in [0.1, 0.15) is 47.8 Å². The number of thioether (sulfide) groups is 1. The van der Waals surface area contributed by atoms with Crippen LogP contribution in [-0.4, -0.2) is 99.7 Å². The molecule has 0 spiro atoms. The number of nitrogens with one attached hydrogen (secondary N) is 1. The fourth-order valence-corrected chi connectivity index (χ4v) is 6.43. The molecule has 3 aliphatic rings. The maximum atomic E-state index is 12.6. The summed E-state index contributed by atoms with van der Waals surface area (Å²) in [6.45, 7) is 7.67. The molecule has 0 amide bonds. The second kappa shape index (κ2) is 13.2. The molecule has 0 aliphatic carbocycles. The van der Waals surface area contributed by atoms with Gasteiger partial charge in [0.25, 0.3) is 5.56 Å². The topological polar surface area (TPSA) is 197 Å². The number of rotatable bonds is 9. The summed E-state index contributed by atoms with van der Waals surface area (Å²) in [5, 5.41) is 0. The fraction of sp³-hybridized carbons (Fsp3) is 0.692. The standard InChI is InChI=1S/C26H34N2O14S/c1-11(29)35-9-15-18(36-12(2)30)20(37-13(3)31)22(38-14(4)32)24(40-15)43-10-16-19-21(42-26(5,6)41-19)23(39-16)28-8-7-17(33)27-25(28)34/h7-8,15-16,18-24H,9-10H2,1-6H3,(H,27,33,34)/t15-,16-,18-,19-,20+,21-,22-,23-,24+/m1/s1. The Labute approximate surface area is 249 Å². The van der Waals surface area contributed by atoms with Crippen molar-refractivity contribution in [3.05, 3.63) is 33.1 Å². The third kappa shape index (κ3) is 7.83. The predicted molar refractivity (Wildman–Crippen MR) is 143 cm³/mol. The molecule has 1 aromatic heterocycles. The highest BCUT2D eigenvalue weighted by Crippen LogP contribution is 2.44. The lowest BCUT2D eigenvalue weighted by Gasteiger charge is -2.44. The molecule has 4 rings (SSSR count). The number of nitrogens with zero attached hydrogens (tertiary/aromatic N) is 1. The van der Waals surface area contributed by atoms with Crippen molar-refractivity contribution >= 4 is 35.6 Å². The number of carbonyl (C=O) groups excluding carboxylic acids is 4. The first-order chi connectivity index (χ1) is 20.1. The first-order valence-electron chi connectivity index (χ1n) is 13.4. The number of hydrogen-bond donors (Lipinski definition) is 1. The number of fused-ring (bicyclic) bond motifs is 1. The van der Waals surface area contributed by atoms with Gasteiger partial charge in [0, 0.05) is 45.7 Å². The average Bonchev–Trinajstić information content (AvgIpc) is 3.36. The first kappa shape index (κ1) is 32.7. The molecule has 0 unspecified atom stereocenters. The van der Waals surface area contributed by atoms with Gasteiger partial charge in [0.15, 0.2) is 30.3 Å². The molecule has 1 aromatic rings. The van der Waals surface area contributed by atoms with E-state index in [4.69, 9.17) is 37.9 Å². The SMILES string of the molecule is CC(=O)OC[C@H]1O[C@@H](SC[C@H]2O[C@@H](n3ccc(=O)[nH]c3=O)[C@@H]3OC(C)(C)O[C@@H]32)[C@H](OC(C)=O)[C@@H](OC(C)=O)[C@@H]1OC(C)=O. The molecule has 4 heterocycles. The normalized spacial score (nSPS) is 32.8. The Morgan fingerprint density at radius 3 is 2.07 bits per heavy atom. The number of hydrogen-bond acceptors (Lipinski definition) is 15. The van der Waals surface area contributed by atoms with Crippen LogP contribution < -0.4 is 11.2 Å². The van der Waals surface area contributed by atoms with E-state index in [9.17, 15) is 28.8 Å². The van der Waals surface area contributed by atoms with Crippen molar-refractivity contribution in [1.29, 1.82) is 0 Å². The highest BCUT2D eigenvalue weighted by molar-refractivity contribution is 7.99. The Morgan fingerprint density at radius 1 is 0.860 bits per heavy atom. The molecule has 0 saturated carbocycles. The number of aromatic nitrogens is 2. The van der Waals surface area contributed by atoms with E-state index in [-0.39, 0.29) is 12.4 Å². The van der Waals surface area contributed by atoms with Gasteiger partial charge >= 0.3 is 29.6 Å². The number of carbonyl (C=O) groups is 4. The smallest absolute Gasteiger partial charge is 0.330 e. The lowest BCUT2D eigenvalue weighted by molar-refractivity contribution is -0.237. The van der Waals surface area contributed by atoms with E-state index >= 15 is 0 Å². The van der Waals surface area contributed by atoms with Gasteiger partial charge in [-0.1, -0.05) is 0 Å². The van der Waals surface area contributed by atoms with E-state index in [1.807, 2.05) is 0 Å². The first-order valence-corrected chi connectivity index (χ1v) is 14.4. The van der Waals surface area contributed by atoms with Gasteiger partial charge in [-0.25, -0.2) is 4.79 Å². The fourth-order valence-electron chi connectivity index (χ4n) is 5.16. The van der Waals surface area contributed by atoms with E-state index < -0.39 is 95.3 Å². The van der Waals surface area contributed by atoms with Gasteiger partial charge in [0.2, 0.25) is 0 Å². The van der Waals surface area contributed by atoms with Crippen LogP contribution in [0, 0.1) is 0 Å². The molecule has 3 saturated heterocycles. The van der Waals surface area contributed by atoms with Crippen molar-refractivity contribution in [1.82, 2.24) is 9.55 Å². The molecule has 43 heavy (non-hydrogen) atoms. The lowest BCUT2D eigenvalue weighted by Crippen LogP contribution is -2.61. The summed E-state index contributed by atoms with van der Waals surface area (Å²) in [7, 11) is 0. The lowest BCUT2D eigenvalue weighted by atomic mass is 9.99. The molecular formula is C26H34N2O14S. The quantitative estimate of drug-likeness (QED) is 0.277. The molecule has 3 fully saturated rings. The van der Waals surface area contributed by atoms with Crippen LogP contribution in [-0.2, 0) is 57.1 Å². The minimum atomic E-state index is -1.31. The molecular weight excluding hydrogens is 596 g/mol. The van der Waals surface area contributed by atoms with Crippen molar-refractivity contribution < 1.29 is 57.1 Å². The predicted octanol–water partition coefficient (Wildman–Crippen LogP) is -0.230. The largest absolute Gasteiger partial charge is 0.463 e. The van der Waals surface area contributed by atoms with Gasteiger partial charge in [0.1, 0.15) is 30.4 Å². The molecule has 17 heteroatoms. The van der Waals surface area contributed by atoms with E-state index in [1.54, 1.807) is 13.8 Å². The van der Waals surface area contributed by atoms with E-state index in [1.165, 1.54) is 23.8 Å². The molecule has 0 radical (unpaired) electrons. The van der Waals surface area contributed by atoms with Crippen molar-refractivity contribution in [3.8, 4) is 0 Å². The highest BCUT2D eigenvalue weighted by Gasteiger charge is 2.57. The number of ether oxygens (including phenoxy) is 8. The Kier molecular flexibility index (Phi) is 10.0. The van der Waals surface area contributed by atoms with E-state index in [2.05, 4.69) is 4.98 Å². The zero-order chi connectivity index (χ0) is 31.6. The Morgan fingerprint density at radius 2 is 1.47 bits per heavy atom. The molecule has 16 nitrogen and oxygen atoms in total. The second-order valence-electron chi connectivity index (χ2n) is 10.5. The zero-order valence-corrected chi connectivity index (χ0v) is 25.2. The van der Waals surface area contributed by atoms with Crippen molar-refractivity contribution in [2.75, 3.05) is 12.4 Å². The summed E-state index contributed by atoms with van der Waals surface area (Å²) >= 11 is 1.11. The van der Waals surface area contributed by atoms with Gasteiger partial charge in [-0.2, -0.15) is 0 Å². The van der Waals surface area contributed by atoms with Crippen LogP contribution in [0.3, 0.4) is 0 Å². The van der Waals surface area contributed by atoms with Crippen LogP contribution in [0.4, 0.5) is 0 Å². The van der Waals surface area contributed by atoms with Gasteiger partial charge in [-0.15, -0.1) is 11.8 Å². The Balaban J connectivity index is 1.62. The van der Waals surface area contributed by atoms with Crippen molar-refractivity contribution in [2.45, 2.75) is 102 Å². The summed E-state index contributed by atoms with van der Waals surface area (Å²) in [6.07, 6.45) is -6.68. The monoisotopic (exact) mass is 630 g/mol. The van der Waals surface area contributed by atoms with Crippen LogP contribution in [0.5, 0.6) is 0 Å². The third-order valence-electron chi connectivity index (χ3n) is 6.62. The number of esters is 4. The van der Waals surface area contributed by atoms with Crippen LogP contribution >= 0.6 is 11.8 Å². The maximum Gasteiger partial charge on any atom is 0.330 e. The number of H-pyrrole nitrogens is 1. The van der Waals surface area contributed by atoms with Crippen molar-refractivity contribution in [2.24, 2.45) is 0 Å². The summed E-state index contributed by atoms with van der Waals surface area (Å²) in [4.78, 5) is 74.1. The summed E-state index contributed by atoms with van der Waals surface area (Å²) in [6, 6.07) is 1.18. The molecule has 9 atom stereocenters. The third-order valence-corrected chi connectivity index (χ3v) is 7.85. The maximum absolute atomic E-state index is 12.6. The highest BCUT2D eigenvalue weighted by atomic mass is 32.2. The molecule has 238 valence electrons. The van der Waals surface area contributed by atoms with E-state index in [0.29, 0.717) is 0 Å². The van der Waals surface area contributed by atoms with Gasteiger partial charge in [0.05, 0.1) is 6.10 Å². The number of aromatic amines is 1. The van der Waals surface area contributed by atoms with Crippen LogP contribution in [0.15, 0.2) is 21.9 Å². The van der Waals surface area contributed by atoms with Gasteiger partial charge < -0.3 is 37.9 Å². The van der Waals surface area contributed by atoms with Crippen molar-refractivity contribution in [3.63, 3.8) is 0 Å². The molecule has 0 aromatic carbocycles. The summed E-state index contributed by atoms with van der Waals surface area (Å²) in [5.74, 6) is -3.72. The summed E-state index contributed by atoms with van der Waals surface area (Å²) in [5.41, 5.74) is -2.30. The summed E-state index contributed by atoms with van der Waals surface area (Å²) < 4.78 is 47.2. The minimum Gasteiger partial charge on any atom is -0.463 e. The van der Waals surface area contributed by atoms with E-state index in [0.717, 1.165) is 32.5 Å². The Hall–Kier alpha value is -3.25. The second-order valence-corrected chi connectivity index (χ2v) is 11.7. The van der Waals surface area contributed by atoms with Crippen LogP contribution in [0.25, 0.3) is 0 Å². The van der Waals surface area contributed by atoms with Gasteiger partial charge in [-0.05, 0) is 13.8 Å². The van der Waals surface area contributed by atoms with Gasteiger partial charge in [-0.3, -0.25) is 33.5 Å².